The minimum atomic E-state index is -0.605. The molecule has 0 bridgehead atoms. The number of aliphatic hydroxyl groups is 1. The Kier molecular flexibility index (Phi) is 2.39. The lowest BCUT2D eigenvalue weighted by atomic mass is 10.1. The highest BCUT2D eigenvalue weighted by Gasteiger charge is 2.18. The number of nitrogens with one attached hydrogen (secondary N) is 1. The predicted molar refractivity (Wildman–Crippen MR) is 51.5 cm³/mol. The van der Waals surface area contributed by atoms with Gasteiger partial charge in [-0.1, -0.05) is 12.1 Å². The van der Waals surface area contributed by atoms with Crippen LogP contribution in [0.1, 0.15) is 18.6 Å². The number of benzene rings is 1. The average Bonchev–Trinajstić information content (AvgIpc) is 2.65. The van der Waals surface area contributed by atoms with Gasteiger partial charge in [0.05, 0.1) is 11.7 Å². The number of H-pyrrole nitrogens is 1. The van der Waals surface area contributed by atoms with E-state index in [1.54, 1.807) is 19.1 Å². The summed E-state index contributed by atoms with van der Waals surface area (Å²) >= 11 is 0. The fourth-order valence-corrected chi connectivity index (χ4v) is 1.43. The molecule has 78 valence electrons. The number of rotatable bonds is 2. The molecule has 2 N–H and O–H groups in total. The van der Waals surface area contributed by atoms with Gasteiger partial charge in [0, 0.05) is 6.07 Å². The van der Waals surface area contributed by atoms with Crippen LogP contribution in [0.15, 0.2) is 39.8 Å². The number of aromatic amines is 1. The maximum atomic E-state index is 10.9. The monoisotopic (exact) mass is 207 g/mol. The predicted octanol–water partition coefficient (Wildman–Crippen LogP) is 0.298. The van der Waals surface area contributed by atoms with Crippen LogP contribution in [0, 0.1) is 0 Å². The number of nitrogens with zero attached hydrogens (tertiary/aromatic N) is 1. The van der Waals surface area contributed by atoms with E-state index in [1.807, 2.05) is 12.1 Å². The Labute approximate surface area is 85.5 Å². The fraction of sp³-hybridized carbons (Fsp3) is 0.200. The summed E-state index contributed by atoms with van der Waals surface area (Å²) in [5.41, 5.74) is 0.952. The van der Waals surface area contributed by atoms with Crippen LogP contribution in [0.2, 0.25) is 0 Å². The molecule has 0 spiro atoms. The van der Waals surface area contributed by atoms with Crippen molar-refractivity contribution in [2.45, 2.75) is 13.0 Å². The quantitative estimate of drug-likeness (QED) is 0.696. The summed E-state index contributed by atoms with van der Waals surface area (Å²) in [6.45, 7) is 1.66. The highest BCUT2D eigenvalue weighted by atomic mass is 16.5. The lowest BCUT2D eigenvalue weighted by molar-refractivity contribution is -0.671. The molecular formula is C10H11N2O3+. The van der Waals surface area contributed by atoms with Crippen LogP contribution in [-0.4, -0.2) is 10.4 Å². The third-order valence-corrected chi connectivity index (χ3v) is 2.13. The van der Waals surface area contributed by atoms with Crippen LogP contribution >= 0.6 is 0 Å². The van der Waals surface area contributed by atoms with Crippen LogP contribution in [0.25, 0.3) is 5.69 Å². The molecule has 15 heavy (non-hydrogen) atoms. The summed E-state index contributed by atoms with van der Waals surface area (Å²) in [5.74, 6) is 0. The summed E-state index contributed by atoms with van der Waals surface area (Å²) in [5, 5.41) is 12.0. The van der Waals surface area contributed by atoms with Gasteiger partial charge in [-0.25, -0.2) is 4.79 Å². The lowest BCUT2D eigenvalue weighted by Gasteiger charge is -2.03. The van der Waals surface area contributed by atoms with E-state index >= 15 is 0 Å². The zero-order valence-electron chi connectivity index (χ0n) is 8.18. The molecule has 1 unspecified atom stereocenters. The molecule has 2 aromatic rings. The number of para-hydroxylation sites is 1. The van der Waals surface area contributed by atoms with Crippen molar-refractivity contribution in [1.29, 1.82) is 0 Å². The largest absolute Gasteiger partial charge is 0.427 e. The van der Waals surface area contributed by atoms with E-state index < -0.39 is 11.7 Å². The minimum Gasteiger partial charge on any atom is -0.388 e. The van der Waals surface area contributed by atoms with Crippen molar-refractivity contribution in [2.75, 3.05) is 0 Å². The van der Waals surface area contributed by atoms with Crippen molar-refractivity contribution < 1.29 is 14.3 Å². The van der Waals surface area contributed by atoms with Crippen molar-refractivity contribution in [3.63, 3.8) is 0 Å². The molecule has 0 aliphatic heterocycles. The number of aliphatic hydroxyl groups excluding tert-OH is 1. The molecule has 0 aliphatic rings. The van der Waals surface area contributed by atoms with E-state index in [0.717, 1.165) is 5.56 Å². The van der Waals surface area contributed by atoms with Gasteiger partial charge in [0.2, 0.25) is 5.69 Å². The molecule has 0 fully saturated rings. The van der Waals surface area contributed by atoms with Crippen LogP contribution in [0.4, 0.5) is 0 Å². The van der Waals surface area contributed by atoms with E-state index in [2.05, 4.69) is 9.79 Å². The molecule has 5 heteroatoms. The summed E-state index contributed by atoms with van der Waals surface area (Å²) in [6, 6.07) is 7.22. The van der Waals surface area contributed by atoms with Crippen molar-refractivity contribution in [1.82, 2.24) is 5.27 Å². The number of hydrogen-bond acceptors (Lipinski definition) is 3. The summed E-state index contributed by atoms with van der Waals surface area (Å²) in [7, 11) is 0. The molecule has 0 saturated carbocycles. The third-order valence-electron chi connectivity index (χ3n) is 2.13. The second-order valence-corrected chi connectivity index (χ2v) is 3.25. The van der Waals surface area contributed by atoms with Crippen molar-refractivity contribution >= 4 is 0 Å². The first-order valence-electron chi connectivity index (χ1n) is 4.56. The van der Waals surface area contributed by atoms with E-state index in [1.165, 1.54) is 10.9 Å². The molecule has 0 saturated heterocycles. The van der Waals surface area contributed by atoms with E-state index in [0.29, 0.717) is 5.69 Å². The Morgan fingerprint density at radius 3 is 2.80 bits per heavy atom. The Balaban J connectivity index is 2.57. The highest BCUT2D eigenvalue weighted by molar-refractivity contribution is 5.34. The first-order valence-corrected chi connectivity index (χ1v) is 4.56. The smallest absolute Gasteiger partial charge is 0.388 e. The second kappa shape index (κ2) is 3.70. The van der Waals surface area contributed by atoms with E-state index in [-0.39, 0.29) is 0 Å². The summed E-state index contributed by atoms with van der Waals surface area (Å²) < 4.78 is 5.99. The van der Waals surface area contributed by atoms with Gasteiger partial charge in [-0.05, 0) is 22.9 Å². The Morgan fingerprint density at radius 1 is 1.47 bits per heavy atom. The molecule has 1 aromatic heterocycles. The molecule has 1 heterocycles. The zero-order valence-corrected chi connectivity index (χ0v) is 8.18. The van der Waals surface area contributed by atoms with Gasteiger partial charge >= 0.3 is 5.63 Å². The first-order chi connectivity index (χ1) is 7.18. The SMILES string of the molecule is CC(O)c1ccccc1-[n+]1cc(=O)o[nH]1. The molecular weight excluding hydrogens is 196 g/mol. The molecule has 5 nitrogen and oxygen atoms in total. The average molecular weight is 207 g/mol. The van der Waals surface area contributed by atoms with Gasteiger partial charge < -0.3 is 5.11 Å². The zero-order chi connectivity index (χ0) is 10.8. The van der Waals surface area contributed by atoms with Crippen LogP contribution in [-0.2, 0) is 0 Å². The molecule has 1 aromatic carbocycles. The molecule has 0 radical (unpaired) electrons. The van der Waals surface area contributed by atoms with Gasteiger partial charge in [-0.15, -0.1) is 0 Å². The minimum absolute atomic E-state index is 0.463. The van der Waals surface area contributed by atoms with Gasteiger partial charge in [-0.3, -0.25) is 4.52 Å². The van der Waals surface area contributed by atoms with Crippen LogP contribution < -0.4 is 10.3 Å². The standard InChI is InChI=1S/C10H10N2O3/c1-7(13)8-4-2-3-5-9(8)12-6-10(14)15-11-12/h2-7,13H,1H3/p+1. The Hall–Kier alpha value is -1.88. The fourth-order valence-electron chi connectivity index (χ4n) is 1.43. The topological polar surface area (TPSA) is 70.1 Å². The number of aromatic nitrogens is 2. The maximum Gasteiger partial charge on any atom is 0.427 e. The maximum absolute atomic E-state index is 10.9. The van der Waals surface area contributed by atoms with Crippen molar-refractivity contribution in [3.8, 4) is 5.69 Å². The summed E-state index contributed by atoms with van der Waals surface area (Å²) in [6.07, 6.45) is 0.674. The molecule has 0 amide bonds. The van der Waals surface area contributed by atoms with Crippen LogP contribution in [0.5, 0.6) is 0 Å². The summed E-state index contributed by atoms with van der Waals surface area (Å²) in [4.78, 5) is 10.9. The number of hydrogen-bond donors (Lipinski definition) is 2. The van der Waals surface area contributed by atoms with Crippen LogP contribution in [0.3, 0.4) is 0 Å². The van der Waals surface area contributed by atoms with Crippen molar-refractivity contribution in [3.05, 3.63) is 46.4 Å². The van der Waals surface area contributed by atoms with Gasteiger partial charge in [0.1, 0.15) is 0 Å². The van der Waals surface area contributed by atoms with Gasteiger partial charge in [-0.2, -0.15) is 0 Å². The van der Waals surface area contributed by atoms with Gasteiger partial charge in [0.25, 0.3) is 6.20 Å². The highest BCUT2D eigenvalue weighted by Crippen LogP contribution is 2.16. The Bertz CT molecular complexity index is 513. The molecule has 0 aliphatic carbocycles. The van der Waals surface area contributed by atoms with Gasteiger partial charge in [0.15, 0.2) is 0 Å². The molecule has 2 rings (SSSR count). The lowest BCUT2D eigenvalue weighted by Crippen LogP contribution is -2.33. The second-order valence-electron chi connectivity index (χ2n) is 3.25. The third kappa shape index (κ3) is 1.82. The Morgan fingerprint density at radius 2 is 2.20 bits per heavy atom. The van der Waals surface area contributed by atoms with Crippen molar-refractivity contribution in [2.24, 2.45) is 0 Å². The van der Waals surface area contributed by atoms with E-state index in [4.69, 9.17) is 0 Å². The van der Waals surface area contributed by atoms with E-state index in [9.17, 15) is 9.90 Å². The first kappa shape index (κ1) is 9.67. The normalized spacial score (nSPS) is 12.7. The molecule has 1 atom stereocenters.